The van der Waals surface area contributed by atoms with Gasteiger partial charge in [0.1, 0.15) is 0 Å². The van der Waals surface area contributed by atoms with Crippen LogP contribution in [-0.4, -0.2) is 54.7 Å². The number of piperazine rings is 1. The molecular weight excluding hydrogens is 248 g/mol. The Morgan fingerprint density at radius 1 is 1.00 bits per heavy atom. The number of aliphatic hydroxyl groups excluding tert-OH is 1. The van der Waals surface area contributed by atoms with Gasteiger partial charge in [-0.2, -0.15) is 0 Å². The number of β-amino-alcohol motifs (C(OH)–C–C–N with tert-alkyl or cyclic N) is 1. The Labute approximate surface area is 120 Å². The average Bonchev–Trinajstić information content (AvgIpc) is 2.49. The highest BCUT2D eigenvalue weighted by Gasteiger charge is 2.18. The Bertz CT molecular complexity index is 576. The van der Waals surface area contributed by atoms with Crippen LogP contribution in [-0.2, 0) is 0 Å². The molecule has 1 heterocycles. The van der Waals surface area contributed by atoms with E-state index in [1.54, 1.807) is 0 Å². The number of hydrogen-bond donors (Lipinski definition) is 1. The highest BCUT2D eigenvalue weighted by Crippen LogP contribution is 2.21. The summed E-state index contributed by atoms with van der Waals surface area (Å²) in [6.45, 7) is 4.99. The maximum absolute atomic E-state index is 10.4. The van der Waals surface area contributed by atoms with Crippen LogP contribution in [0.4, 0.5) is 0 Å². The van der Waals surface area contributed by atoms with E-state index in [-0.39, 0.29) is 0 Å². The molecule has 0 spiro atoms. The molecule has 1 unspecified atom stereocenters. The Kier molecular flexibility index (Phi) is 4.01. The third kappa shape index (κ3) is 3.01. The summed E-state index contributed by atoms with van der Waals surface area (Å²) >= 11 is 0. The van der Waals surface area contributed by atoms with Gasteiger partial charge in [0.2, 0.25) is 0 Å². The predicted octanol–water partition coefficient (Wildman–Crippen LogP) is 2.12. The lowest BCUT2D eigenvalue weighted by molar-refractivity contribution is 0.0806. The van der Waals surface area contributed by atoms with Crippen molar-refractivity contribution in [3.05, 3.63) is 48.0 Å². The van der Waals surface area contributed by atoms with E-state index in [1.165, 1.54) is 10.8 Å². The van der Waals surface area contributed by atoms with Crippen LogP contribution in [0.5, 0.6) is 0 Å². The molecule has 0 radical (unpaired) electrons. The Morgan fingerprint density at radius 2 is 1.70 bits per heavy atom. The van der Waals surface area contributed by atoms with E-state index in [4.69, 9.17) is 0 Å². The Hall–Kier alpha value is -1.42. The fourth-order valence-electron chi connectivity index (χ4n) is 2.80. The summed E-state index contributed by atoms with van der Waals surface area (Å²) in [5.41, 5.74) is 1.02. The first-order valence-corrected chi connectivity index (χ1v) is 7.30. The predicted molar refractivity (Wildman–Crippen MR) is 82.8 cm³/mol. The minimum absolute atomic E-state index is 0.400. The molecule has 1 aliphatic rings. The number of nitrogens with zero attached hydrogens (tertiary/aromatic N) is 2. The standard InChI is InChI=1S/C17H22N2O/c1-18-8-10-19(11-9-18)13-17(20)16-7-6-14-4-2-3-5-15(14)12-16/h2-7,12,17,20H,8-11,13H2,1H3. The van der Waals surface area contributed by atoms with Crippen molar-refractivity contribution >= 4 is 10.8 Å². The van der Waals surface area contributed by atoms with E-state index in [2.05, 4.69) is 41.1 Å². The molecule has 1 aliphatic heterocycles. The van der Waals surface area contributed by atoms with Gasteiger partial charge in [0.15, 0.2) is 0 Å². The number of likely N-dealkylation sites (N-methyl/N-ethyl adjacent to an activating group) is 1. The number of hydrogen-bond acceptors (Lipinski definition) is 3. The minimum Gasteiger partial charge on any atom is -0.387 e. The molecule has 1 saturated heterocycles. The van der Waals surface area contributed by atoms with Gasteiger partial charge >= 0.3 is 0 Å². The lowest BCUT2D eigenvalue weighted by Gasteiger charge is -2.33. The third-order valence-corrected chi connectivity index (χ3v) is 4.19. The van der Waals surface area contributed by atoms with E-state index in [0.717, 1.165) is 38.3 Å². The van der Waals surface area contributed by atoms with Crippen LogP contribution in [0.25, 0.3) is 10.8 Å². The molecule has 2 aromatic rings. The second-order valence-electron chi connectivity index (χ2n) is 5.73. The number of benzene rings is 2. The zero-order chi connectivity index (χ0) is 13.9. The van der Waals surface area contributed by atoms with Crippen molar-refractivity contribution in [3.63, 3.8) is 0 Å². The molecule has 20 heavy (non-hydrogen) atoms. The first kappa shape index (κ1) is 13.6. The van der Waals surface area contributed by atoms with Crippen LogP contribution >= 0.6 is 0 Å². The van der Waals surface area contributed by atoms with Gasteiger partial charge in [-0.05, 0) is 29.4 Å². The second kappa shape index (κ2) is 5.92. The molecule has 0 amide bonds. The maximum atomic E-state index is 10.4. The van der Waals surface area contributed by atoms with Crippen molar-refractivity contribution in [2.45, 2.75) is 6.10 Å². The summed E-state index contributed by atoms with van der Waals surface area (Å²) in [6, 6.07) is 14.5. The second-order valence-corrected chi connectivity index (χ2v) is 5.73. The first-order chi connectivity index (χ1) is 9.72. The molecule has 0 bridgehead atoms. The lowest BCUT2D eigenvalue weighted by atomic mass is 10.0. The van der Waals surface area contributed by atoms with Crippen LogP contribution in [0.15, 0.2) is 42.5 Å². The summed E-state index contributed by atoms with van der Waals surface area (Å²) in [4.78, 5) is 4.68. The zero-order valence-corrected chi connectivity index (χ0v) is 12.0. The first-order valence-electron chi connectivity index (χ1n) is 7.30. The van der Waals surface area contributed by atoms with Crippen LogP contribution in [0.3, 0.4) is 0 Å². The fraction of sp³-hybridized carbons (Fsp3) is 0.412. The highest BCUT2D eigenvalue weighted by molar-refractivity contribution is 5.83. The molecule has 106 valence electrons. The van der Waals surface area contributed by atoms with Gasteiger partial charge in [-0.3, -0.25) is 4.90 Å². The molecule has 1 fully saturated rings. The summed E-state index contributed by atoms with van der Waals surface area (Å²) in [7, 11) is 2.15. The summed E-state index contributed by atoms with van der Waals surface area (Å²) in [6.07, 6.45) is -0.400. The summed E-state index contributed by atoms with van der Waals surface area (Å²) in [5, 5.41) is 12.9. The van der Waals surface area contributed by atoms with E-state index in [1.807, 2.05) is 18.2 Å². The van der Waals surface area contributed by atoms with E-state index in [0.29, 0.717) is 0 Å². The number of fused-ring (bicyclic) bond motifs is 1. The van der Waals surface area contributed by atoms with Gasteiger partial charge in [0.25, 0.3) is 0 Å². The summed E-state index contributed by atoms with van der Waals surface area (Å²) < 4.78 is 0. The number of rotatable bonds is 3. The zero-order valence-electron chi connectivity index (χ0n) is 12.0. The molecule has 3 nitrogen and oxygen atoms in total. The van der Waals surface area contributed by atoms with E-state index >= 15 is 0 Å². The van der Waals surface area contributed by atoms with Crippen molar-refractivity contribution in [1.82, 2.24) is 9.80 Å². The van der Waals surface area contributed by atoms with Crippen molar-refractivity contribution < 1.29 is 5.11 Å². The Balaban J connectivity index is 1.70. The van der Waals surface area contributed by atoms with Crippen molar-refractivity contribution in [2.75, 3.05) is 39.8 Å². The molecule has 1 N–H and O–H groups in total. The molecule has 3 rings (SSSR count). The molecule has 1 atom stereocenters. The Morgan fingerprint density at radius 3 is 2.45 bits per heavy atom. The van der Waals surface area contributed by atoms with Gasteiger partial charge in [-0.1, -0.05) is 36.4 Å². The molecule has 0 aromatic heterocycles. The smallest absolute Gasteiger partial charge is 0.0917 e. The monoisotopic (exact) mass is 270 g/mol. The highest BCUT2D eigenvalue weighted by atomic mass is 16.3. The van der Waals surface area contributed by atoms with Crippen LogP contribution < -0.4 is 0 Å². The molecule has 2 aromatic carbocycles. The number of aliphatic hydroxyl groups is 1. The van der Waals surface area contributed by atoms with Crippen LogP contribution in [0, 0.1) is 0 Å². The SMILES string of the molecule is CN1CCN(CC(O)c2ccc3ccccc3c2)CC1. The quantitative estimate of drug-likeness (QED) is 0.925. The van der Waals surface area contributed by atoms with E-state index in [9.17, 15) is 5.11 Å². The van der Waals surface area contributed by atoms with Crippen LogP contribution in [0.1, 0.15) is 11.7 Å². The van der Waals surface area contributed by atoms with Crippen molar-refractivity contribution in [3.8, 4) is 0 Å². The van der Waals surface area contributed by atoms with Gasteiger partial charge in [0.05, 0.1) is 6.10 Å². The summed E-state index contributed by atoms with van der Waals surface area (Å²) in [5.74, 6) is 0. The topological polar surface area (TPSA) is 26.7 Å². The van der Waals surface area contributed by atoms with Crippen molar-refractivity contribution in [2.24, 2.45) is 0 Å². The molecule has 0 saturated carbocycles. The van der Waals surface area contributed by atoms with Crippen LogP contribution in [0.2, 0.25) is 0 Å². The van der Waals surface area contributed by atoms with Gasteiger partial charge in [0, 0.05) is 32.7 Å². The van der Waals surface area contributed by atoms with E-state index < -0.39 is 6.10 Å². The van der Waals surface area contributed by atoms with Gasteiger partial charge < -0.3 is 10.0 Å². The lowest BCUT2D eigenvalue weighted by Crippen LogP contribution is -2.45. The molecule has 0 aliphatic carbocycles. The van der Waals surface area contributed by atoms with Gasteiger partial charge in [-0.25, -0.2) is 0 Å². The fourth-order valence-corrected chi connectivity index (χ4v) is 2.80. The average molecular weight is 270 g/mol. The molecular formula is C17H22N2O. The van der Waals surface area contributed by atoms with Crippen molar-refractivity contribution in [1.29, 1.82) is 0 Å². The molecule has 3 heteroatoms. The van der Waals surface area contributed by atoms with Gasteiger partial charge in [-0.15, -0.1) is 0 Å². The largest absolute Gasteiger partial charge is 0.387 e. The maximum Gasteiger partial charge on any atom is 0.0917 e. The normalized spacial score (nSPS) is 19.3. The third-order valence-electron chi connectivity index (χ3n) is 4.19. The minimum atomic E-state index is -0.400.